The molecule has 0 saturated heterocycles. The Kier molecular flexibility index (Phi) is 7.51. The van der Waals surface area contributed by atoms with Gasteiger partial charge < -0.3 is 15.2 Å². The standard InChI is InChI=1S/C27H25BrN2O5/c1-16(26(32)33)10-11-29-25(31)17-12-18(28)14-19(13-17)30-27(34)35-15-24-22-8-4-2-6-20(22)21-7-3-5-9-23(21)24/h2-9,12-14,16,24H,10-11,15H2,1H3,(H,29,31)(H,30,34)(H,32,33). The van der Waals surface area contributed by atoms with Crippen molar-refractivity contribution in [2.24, 2.45) is 5.92 Å². The maximum absolute atomic E-state index is 12.6. The van der Waals surface area contributed by atoms with Crippen molar-refractivity contribution in [2.75, 3.05) is 18.5 Å². The quantitative estimate of drug-likeness (QED) is 0.345. The molecule has 0 radical (unpaired) electrons. The number of carbonyl (C=O) groups excluding carboxylic acids is 2. The third-order valence-electron chi connectivity index (χ3n) is 6.03. The molecule has 0 bridgehead atoms. The molecule has 0 spiro atoms. The first-order valence-corrected chi connectivity index (χ1v) is 12.1. The van der Waals surface area contributed by atoms with E-state index in [-0.39, 0.29) is 25.0 Å². The minimum absolute atomic E-state index is 0.0507. The number of carbonyl (C=O) groups is 3. The number of aliphatic carboxylic acids is 1. The molecule has 180 valence electrons. The van der Waals surface area contributed by atoms with Crippen molar-refractivity contribution in [3.8, 4) is 11.1 Å². The lowest BCUT2D eigenvalue weighted by atomic mass is 9.98. The largest absolute Gasteiger partial charge is 0.481 e. The van der Waals surface area contributed by atoms with E-state index in [0.29, 0.717) is 22.1 Å². The lowest BCUT2D eigenvalue weighted by Crippen LogP contribution is -2.27. The van der Waals surface area contributed by atoms with Gasteiger partial charge in [-0.2, -0.15) is 0 Å². The first kappa shape index (κ1) is 24.5. The molecule has 4 rings (SSSR count). The van der Waals surface area contributed by atoms with Gasteiger partial charge in [0.2, 0.25) is 0 Å². The van der Waals surface area contributed by atoms with E-state index in [1.165, 1.54) is 0 Å². The van der Waals surface area contributed by atoms with Crippen molar-refractivity contribution in [3.63, 3.8) is 0 Å². The summed E-state index contributed by atoms with van der Waals surface area (Å²) < 4.78 is 6.19. The zero-order valence-electron chi connectivity index (χ0n) is 19.1. The highest BCUT2D eigenvalue weighted by atomic mass is 79.9. The van der Waals surface area contributed by atoms with Gasteiger partial charge in [-0.1, -0.05) is 71.4 Å². The molecule has 3 aromatic rings. The van der Waals surface area contributed by atoms with Gasteiger partial charge in [-0.25, -0.2) is 4.79 Å². The normalized spacial score (nSPS) is 12.9. The summed E-state index contributed by atoms with van der Waals surface area (Å²) in [6, 6.07) is 21.1. The Morgan fingerprint density at radius 1 is 1.00 bits per heavy atom. The Balaban J connectivity index is 1.38. The zero-order chi connectivity index (χ0) is 24.9. The van der Waals surface area contributed by atoms with Crippen molar-refractivity contribution >= 4 is 39.6 Å². The van der Waals surface area contributed by atoms with E-state index < -0.39 is 18.0 Å². The average Bonchev–Trinajstić information content (AvgIpc) is 3.16. The Morgan fingerprint density at radius 2 is 1.63 bits per heavy atom. The minimum atomic E-state index is -0.906. The molecule has 7 nitrogen and oxygen atoms in total. The maximum Gasteiger partial charge on any atom is 0.411 e. The van der Waals surface area contributed by atoms with Crippen LogP contribution in [-0.2, 0) is 9.53 Å². The van der Waals surface area contributed by atoms with Crippen LogP contribution in [0.15, 0.2) is 71.2 Å². The molecule has 3 N–H and O–H groups in total. The fourth-order valence-corrected chi connectivity index (χ4v) is 4.67. The van der Waals surface area contributed by atoms with Gasteiger partial charge in [-0.15, -0.1) is 0 Å². The van der Waals surface area contributed by atoms with E-state index in [2.05, 4.69) is 50.8 Å². The molecular weight excluding hydrogens is 512 g/mol. The number of ether oxygens (including phenoxy) is 1. The lowest BCUT2D eigenvalue weighted by Gasteiger charge is -2.15. The molecule has 1 atom stereocenters. The fourth-order valence-electron chi connectivity index (χ4n) is 4.17. The second-order valence-corrected chi connectivity index (χ2v) is 9.38. The van der Waals surface area contributed by atoms with Crippen LogP contribution in [-0.4, -0.2) is 36.2 Å². The molecule has 0 aromatic heterocycles. The van der Waals surface area contributed by atoms with E-state index >= 15 is 0 Å². The minimum Gasteiger partial charge on any atom is -0.481 e. The number of fused-ring (bicyclic) bond motifs is 3. The highest BCUT2D eigenvalue weighted by molar-refractivity contribution is 9.10. The predicted molar refractivity (Wildman–Crippen MR) is 137 cm³/mol. The second-order valence-electron chi connectivity index (χ2n) is 8.46. The maximum atomic E-state index is 12.6. The molecule has 0 aliphatic heterocycles. The van der Waals surface area contributed by atoms with Gasteiger partial charge in [0.15, 0.2) is 0 Å². The Hall–Kier alpha value is -3.65. The van der Waals surface area contributed by atoms with Gasteiger partial charge in [0, 0.05) is 28.2 Å². The number of nitrogens with one attached hydrogen (secondary N) is 2. The number of rotatable bonds is 8. The summed E-state index contributed by atoms with van der Waals surface area (Å²) in [5.74, 6) is -1.87. The first-order chi connectivity index (χ1) is 16.8. The van der Waals surface area contributed by atoms with E-state index in [1.807, 2.05) is 24.3 Å². The van der Waals surface area contributed by atoms with Crippen LogP contribution >= 0.6 is 15.9 Å². The van der Waals surface area contributed by atoms with Crippen LogP contribution in [0.4, 0.5) is 10.5 Å². The van der Waals surface area contributed by atoms with Crippen molar-refractivity contribution in [2.45, 2.75) is 19.3 Å². The van der Waals surface area contributed by atoms with Crippen LogP contribution < -0.4 is 10.6 Å². The van der Waals surface area contributed by atoms with E-state index in [1.54, 1.807) is 25.1 Å². The fraction of sp³-hybridized carbons (Fsp3) is 0.222. The number of carboxylic acid groups (broad SMARTS) is 1. The van der Waals surface area contributed by atoms with Crippen LogP contribution in [0.3, 0.4) is 0 Å². The molecule has 1 unspecified atom stereocenters. The number of hydrogen-bond acceptors (Lipinski definition) is 4. The molecule has 2 amide bonds. The van der Waals surface area contributed by atoms with Crippen LogP contribution in [0.5, 0.6) is 0 Å². The van der Waals surface area contributed by atoms with E-state index in [0.717, 1.165) is 22.3 Å². The number of benzene rings is 3. The number of anilines is 1. The van der Waals surface area contributed by atoms with Crippen LogP contribution in [0.25, 0.3) is 11.1 Å². The van der Waals surface area contributed by atoms with Gasteiger partial charge in [0.05, 0.1) is 5.92 Å². The predicted octanol–water partition coefficient (Wildman–Crippen LogP) is 5.65. The highest BCUT2D eigenvalue weighted by Crippen LogP contribution is 2.44. The zero-order valence-corrected chi connectivity index (χ0v) is 20.7. The Bertz CT molecular complexity index is 1230. The number of halogens is 1. The molecular formula is C27H25BrN2O5. The molecule has 1 aliphatic carbocycles. The highest BCUT2D eigenvalue weighted by Gasteiger charge is 2.29. The smallest absolute Gasteiger partial charge is 0.411 e. The summed E-state index contributed by atoms with van der Waals surface area (Å²) in [5.41, 5.74) is 5.28. The molecule has 35 heavy (non-hydrogen) atoms. The SMILES string of the molecule is CC(CCNC(=O)c1cc(Br)cc(NC(=O)OCC2c3ccccc3-c3ccccc32)c1)C(=O)O. The second kappa shape index (κ2) is 10.7. The third kappa shape index (κ3) is 5.71. The monoisotopic (exact) mass is 536 g/mol. The van der Waals surface area contributed by atoms with Gasteiger partial charge >= 0.3 is 12.1 Å². The molecule has 1 aliphatic rings. The van der Waals surface area contributed by atoms with Crippen molar-refractivity contribution in [1.82, 2.24) is 5.32 Å². The number of hydrogen-bond donors (Lipinski definition) is 3. The summed E-state index contributed by atoms with van der Waals surface area (Å²) in [5, 5.41) is 14.4. The lowest BCUT2D eigenvalue weighted by molar-refractivity contribution is -0.141. The molecule has 0 heterocycles. The average molecular weight is 537 g/mol. The number of carboxylic acids is 1. The topological polar surface area (TPSA) is 105 Å². The molecule has 8 heteroatoms. The molecule has 0 fully saturated rings. The van der Waals surface area contributed by atoms with Crippen LogP contribution in [0.2, 0.25) is 0 Å². The summed E-state index contributed by atoms with van der Waals surface area (Å²) in [4.78, 5) is 36.0. The first-order valence-electron chi connectivity index (χ1n) is 11.3. The van der Waals surface area contributed by atoms with Crippen LogP contribution in [0, 0.1) is 5.92 Å². The molecule has 0 saturated carbocycles. The summed E-state index contributed by atoms with van der Waals surface area (Å²) >= 11 is 3.36. The van der Waals surface area contributed by atoms with E-state index in [4.69, 9.17) is 9.84 Å². The summed E-state index contributed by atoms with van der Waals surface area (Å²) in [6.45, 7) is 2.00. The molecule has 3 aromatic carbocycles. The third-order valence-corrected chi connectivity index (χ3v) is 6.49. The number of amides is 2. The summed E-state index contributed by atoms with van der Waals surface area (Å²) in [6.07, 6.45) is -0.300. The van der Waals surface area contributed by atoms with Gasteiger partial charge in [-0.3, -0.25) is 14.9 Å². The van der Waals surface area contributed by atoms with E-state index in [9.17, 15) is 14.4 Å². The Morgan fingerprint density at radius 3 is 2.26 bits per heavy atom. The van der Waals surface area contributed by atoms with Crippen LogP contribution in [0.1, 0.15) is 40.7 Å². The van der Waals surface area contributed by atoms with Crippen molar-refractivity contribution < 1.29 is 24.2 Å². The van der Waals surface area contributed by atoms with Crippen molar-refractivity contribution in [3.05, 3.63) is 87.9 Å². The summed E-state index contributed by atoms with van der Waals surface area (Å²) in [7, 11) is 0. The van der Waals surface area contributed by atoms with Crippen molar-refractivity contribution in [1.29, 1.82) is 0 Å². The van der Waals surface area contributed by atoms with Gasteiger partial charge in [-0.05, 0) is 46.9 Å². The Labute approximate surface area is 211 Å². The van der Waals surface area contributed by atoms with Gasteiger partial charge in [0.1, 0.15) is 6.61 Å². The van der Waals surface area contributed by atoms with Gasteiger partial charge in [0.25, 0.3) is 5.91 Å².